The van der Waals surface area contributed by atoms with Crippen LogP contribution in [0.1, 0.15) is 162 Å². The summed E-state index contributed by atoms with van der Waals surface area (Å²) < 4.78 is 50.9. The van der Waals surface area contributed by atoms with Gasteiger partial charge in [-0.05, 0) is 134 Å². The topological polar surface area (TPSA) is 317 Å². The Balaban J connectivity index is 0.000000559. The van der Waals surface area contributed by atoms with Crippen LogP contribution in [0.15, 0.2) is 24.5 Å². The van der Waals surface area contributed by atoms with Crippen molar-refractivity contribution in [2.45, 2.75) is 211 Å². The number of pyridine rings is 1. The van der Waals surface area contributed by atoms with E-state index in [2.05, 4.69) is 174 Å². The van der Waals surface area contributed by atoms with E-state index in [9.17, 15) is 50.4 Å². The second-order valence-electron chi connectivity index (χ2n) is 29.3. The van der Waals surface area contributed by atoms with Crippen LogP contribution >= 0.6 is 0 Å². The maximum Gasteiger partial charge on any atom is 0.307 e. The van der Waals surface area contributed by atoms with E-state index in [1.165, 1.54) is 25.8 Å². The quantitative estimate of drug-likeness (QED) is 0.166. The van der Waals surface area contributed by atoms with Gasteiger partial charge < -0.3 is 41.5 Å². The van der Waals surface area contributed by atoms with Gasteiger partial charge in [0.15, 0.2) is 15.6 Å². The lowest BCUT2D eigenvalue weighted by atomic mass is 9.87. The smallest absolute Gasteiger partial charge is 0.307 e. The Hall–Kier alpha value is -4.82. The van der Waals surface area contributed by atoms with Gasteiger partial charge in [0.25, 0.3) is 0 Å². The number of amides is 5. The first-order valence-corrected chi connectivity index (χ1v) is 39.5. The molecule has 8 aliphatic heterocycles. The highest BCUT2D eigenvalue weighted by atomic mass is 32.2. The van der Waals surface area contributed by atoms with E-state index >= 15 is 0 Å². The maximum absolute atomic E-state index is 11.6. The van der Waals surface area contributed by atoms with Crippen LogP contribution in [-0.2, 0) is 58.2 Å². The van der Waals surface area contributed by atoms with Crippen molar-refractivity contribution < 1.29 is 55.1 Å². The highest BCUT2D eigenvalue weighted by Gasteiger charge is 2.34. The van der Waals surface area contributed by atoms with Crippen LogP contribution in [0.2, 0.25) is 0 Å². The molecule has 574 valence electrons. The second-order valence-corrected chi connectivity index (χ2v) is 33.5. The molecule has 0 saturated carbocycles. The van der Waals surface area contributed by atoms with E-state index in [1.54, 1.807) is 6.20 Å². The summed E-state index contributed by atoms with van der Waals surface area (Å²) in [7, 11) is -2.36. The predicted octanol–water partition coefficient (Wildman–Crippen LogP) is 2.62. The fraction of sp³-hybridized carbons (Fsp3) is 0.829. The molecule has 9 rings (SSSR count). The number of carbonyl (C=O) groups is 7. The van der Waals surface area contributed by atoms with Crippen molar-refractivity contribution >= 4 is 61.1 Å². The predicted molar refractivity (Wildman–Crippen MR) is 396 cm³/mol. The number of sulfonamides is 1. The molecular formula is C70H135N15O12S2. The Morgan fingerprint density at radius 3 is 1.56 bits per heavy atom. The van der Waals surface area contributed by atoms with Gasteiger partial charge in [-0.2, -0.15) is 0 Å². The molecule has 1 aromatic rings. The zero-order chi connectivity index (χ0) is 75.4. The molecular weight excluding hydrogens is 1310 g/mol. The van der Waals surface area contributed by atoms with Gasteiger partial charge in [-0.25, -0.2) is 21.6 Å². The Bertz CT molecular complexity index is 2750. The van der Waals surface area contributed by atoms with Gasteiger partial charge in [-0.15, -0.1) is 0 Å². The number of nitrogens with one attached hydrogen (secondary N) is 7. The van der Waals surface area contributed by atoms with Crippen molar-refractivity contribution in [1.82, 2.24) is 75.9 Å². The molecule has 1 aromatic heterocycles. The normalized spacial score (nSPS) is 23.3. The van der Waals surface area contributed by atoms with Crippen LogP contribution in [0.3, 0.4) is 0 Å². The van der Waals surface area contributed by atoms with E-state index in [0.29, 0.717) is 105 Å². The molecule has 0 bridgehead atoms. The number of methoxy groups -OCH3 is 1. The molecule has 0 spiro atoms. The van der Waals surface area contributed by atoms with Crippen LogP contribution in [0, 0.1) is 11.8 Å². The largest absolute Gasteiger partial charge is 0.469 e. The summed E-state index contributed by atoms with van der Waals surface area (Å²) >= 11 is 0. The number of ether oxygens (including phenoxy) is 1. The first-order valence-electron chi connectivity index (χ1n) is 36.1. The number of aromatic nitrogens is 1. The van der Waals surface area contributed by atoms with E-state index < -0.39 is 19.9 Å². The minimum absolute atomic E-state index is 0.0274. The summed E-state index contributed by atoms with van der Waals surface area (Å²) in [6, 6.07) is 6.62. The van der Waals surface area contributed by atoms with Crippen molar-refractivity contribution in [2.24, 2.45) is 11.8 Å². The molecule has 8 fully saturated rings. The first-order chi connectivity index (χ1) is 46.1. The summed E-state index contributed by atoms with van der Waals surface area (Å²) in [6.45, 7) is 55.6. The average Bonchev–Trinajstić information content (AvgIpc) is 1.50. The molecule has 0 aromatic carbocycles. The summed E-state index contributed by atoms with van der Waals surface area (Å²) in [5.41, 5.74) is 1.61. The van der Waals surface area contributed by atoms with Crippen molar-refractivity contribution in [3.8, 4) is 0 Å². The molecule has 5 amide bonds. The lowest BCUT2D eigenvalue weighted by molar-refractivity contribution is -0.146. The number of rotatable bonds is 10. The molecule has 8 aliphatic rings. The summed E-state index contributed by atoms with van der Waals surface area (Å²) in [5, 5.41) is 17.3. The molecule has 99 heavy (non-hydrogen) atoms. The van der Waals surface area contributed by atoms with Crippen molar-refractivity contribution in [1.29, 1.82) is 0 Å². The molecule has 0 radical (unpaired) electrons. The third kappa shape index (κ3) is 39.4. The lowest BCUT2D eigenvalue weighted by Crippen LogP contribution is -2.58. The number of carbonyl (C=O) groups excluding carboxylic acids is 7. The van der Waals surface area contributed by atoms with Crippen molar-refractivity contribution in [3.63, 3.8) is 0 Å². The number of piperidine rings is 1. The fourth-order valence-corrected chi connectivity index (χ4v) is 13.8. The monoisotopic (exact) mass is 1440 g/mol. The van der Waals surface area contributed by atoms with Crippen LogP contribution in [0.25, 0.3) is 0 Å². The zero-order valence-electron chi connectivity index (χ0n) is 64.6. The number of piperazine rings is 4. The molecule has 0 aliphatic carbocycles. The Kier molecular flexibility index (Phi) is 44.2. The lowest BCUT2D eigenvalue weighted by Gasteiger charge is -2.41. The first kappa shape index (κ1) is 92.2. The maximum atomic E-state index is 11.6. The van der Waals surface area contributed by atoms with E-state index in [0.717, 1.165) is 65.4 Å². The molecule has 3 unspecified atom stereocenters. The summed E-state index contributed by atoms with van der Waals surface area (Å²) in [5.74, 6) is 1.90. The third-order valence-electron chi connectivity index (χ3n) is 18.1. The highest BCUT2D eigenvalue weighted by molar-refractivity contribution is 7.91. The minimum Gasteiger partial charge on any atom is -0.469 e. The van der Waals surface area contributed by atoms with Gasteiger partial charge >= 0.3 is 5.97 Å². The Morgan fingerprint density at radius 1 is 0.586 bits per heavy atom. The third-order valence-corrected chi connectivity index (χ3v) is 21.1. The van der Waals surface area contributed by atoms with Gasteiger partial charge in [0.1, 0.15) is 0 Å². The Labute approximate surface area is 597 Å². The Morgan fingerprint density at radius 2 is 1.10 bits per heavy atom. The van der Waals surface area contributed by atoms with Crippen molar-refractivity contribution in [3.05, 3.63) is 30.1 Å². The fourth-order valence-electron chi connectivity index (χ4n) is 11.4. The van der Waals surface area contributed by atoms with Crippen LogP contribution in [-0.4, -0.2) is 307 Å². The summed E-state index contributed by atoms with van der Waals surface area (Å²) in [6.07, 6.45) is 4.90. The van der Waals surface area contributed by atoms with Crippen LogP contribution < -0.4 is 36.6 Å². The highest BCUT2D eigenvalue weighted by Crippen LogP contribution is 2.19. The van der Waals surface area contributed by atoms with E-state index in [4.69, 9.17) is 0 Å². The number of esters is 1. The summed E-state index contributed by atoms with van der Waals surface area (Å²) in [4.78, 5) is 97.1. The number of sulfone groups is 1. The molecule has 7 N–H and O–H groups in total. The number of ketones is 1. The molecule has 8 saturated heterocycles. The van der Waals surface area contributed by atoms with Gasteiger partial charge in [0.05, 0.1) is 56.0 Å². The van der Waals surface area contributed by atoms with Crippen LogP contribution in [0.5, 0.6) is 0 Å². The van der Waals surface area contributed by atoms with Gasteiger partial charge in [-0.3, -0.25) is 67.9 Å². The molecule has 29 heteroatoms. The standard InChI is InChI=1S/C10H18N2O3.C9H20N2.2C8H16N2O.C8H13NO2.C8H11N.C7H16N2O2S.C7H14N2O.C5H11NO2S/c1-7(2)12-5-4-11-10(14)8(12)6-9(13)15-3;1-8(2)11-6-5-10-9(3,4)7-11;1-6(2)10-5-4-9-8(11)7(10)3;1-7(2)10-5-3-8(11)9-4-6-10;1-5(2)7-3-6(10)4-9-8(7)11;1-7(2)8-4-3-5-9-6-8;1-7(2)9-4-3-8-12(10,11)6-5-9;1-6(2)9-4-3-8-7(10)5-9;1-6-2-4-9(7,8)5-3-6/h7-8H,4-6H2,1-3H3,(H,11,14);8,10H,5-7H2,1-4H3;6-7H,4-5H2,1-3H3,(H,9,11);7H,3-6H2,1-2H3,(H,9,11);5,7H,3-4H2,1-2H3,(H,9,11);3-7H,1-2H3;7-8H,3-6H2,1-2H3;6H,3-5H2,1-2H3,(H,8,10);2-5H2,1H3. The van der Waals surface area contributed by atoms with Gasteiger partial charge in [0, 0.05) is 184 Å². The number of Topliss-reactive ketones (excluding diaryl/α,β-unsaturated/α-hetero) is 1. The number of hydrogen-bond acceptors (Lipinski definition) is 21. The average molecular weight is 1440 g/mol. The number of hydrogen-bond donors (Lipinski definition) is 7. The van der Waals surface area contributed by atoms with E-state index in [1.807, 2.05) is 63.7 Å². The van der Waals surface area contributed by atoms with Crippen LogP contribution in [0.4, 0.5) is 0 Å². The SMILES string of the molecule is CC(C)C1CC(=O)CNC1=O.CC(C)N1CCNC(=O)C1.CC(C)N1CCNC(=O)C1C.CC(C)N1CCNC(=O)CC1.CC(C)N1CCNC(C)(C)C1.CC(C)N1CCNS(=O)(=O)CC1.CC(C)c1cccnc1.CN1CCS(=O)(=O)CC1.COC(=O)CC1C(=O)NCCN1C(C)C. The van der Waals surface area contributed by atoms with Gasteiger partial charge in [-0.1, -0.05) is 33.8 Å². The van der Waals surface area contributed by atoms with E-state index in [-0.39, 0.29) is 90.0 Å². The second kappa shape index (κ2) is 47.4. The minimum atomic E-state index is -2.98. The molecule has 9 heterocycles. The number of nitrogens with zero attached hydrogens (tertiary/aromatic N) is 8. The molecule has 27 nitrogen and oxygen atoms in total. The van der Waals surface area contributed by atoms with Gasteiger partial charge in [0.2, 0.25) is 39.6 Å². The molecule has 3 atom stereocenters. The zero-order valence-corrected chi connectivity index (χ0v) is 66.3. The van der Waals surface area contributed by atoms with Crippen molar-refractivity contribution in [2.75, 3.05) is 156 Å².